The van der Waals surface area contributed by atoms with Gasteiger partial charge in [0.1, 0.15) is 0 Å². The Morgan fingerprint density at radius 2 is 1.00 bits per heavy atom. The third-order valence-electron chi connectivity index (χ3n) is 5.81. The van der Waals surface area contributed by atoms with Crippen molar-refractivity contribution in [2.24, 2.45) is 5.92 Å². The van der Waals surface area contributed by atoms with E-state index in [1.807, 2.05) is 0 Å². The maximum atomic E-state index is 3.60. The van der Waals surface area contributed by atoms with Crippen molar-refractivity contribution in [3.8, 4) is 0 Å². The Balaban J connectivity index is 3.83. The fourth-order valence-electron chi connectivity index (χ4n) is 3.92. The van der Waals surface area contributed by atoms with Crippen LogP contribution in [0.15, 0.2) is 12.2 Å². The van der Waals surface area contributed by atoms with Crippen LogP contribution in [0.4, 0.5) is 0 Å². The molecule has 0 fully saturated rings. The maximum Gasteiger partial charge on any atom is 0.0222 e. The van der Waals surface area contributed by atoms with E-state index in [2.05, 4.69) is 36.2 Å². The van der Waals surface area contributed by atoms with Crippen molar-refractivity contribution in [2.45, 2.75) is 148 Å². The lowest BCUT2D eigenvalue weighted by atomic mass is 9.93. The van der Waals surface area contributed by atoms with Crippen molar-refractivity contribution in [3.63, 3.8) is 0 Å². The van der Waals surface area contributed by atoms with Crippen molar-refractivity contribution in [1.29, 1.82) is 0 Å². The predicted molar refractivity (Wildman–Crippen MR) is 127 cm³/mol. The summed E-state index contributed by atoms with van der Waals surface area (Å²) in [6, 6.07) is 1.17. The van der Waals surface area contributed by atoms with Crippen LogP contribution in [0.2, 0.25) is 6.04 Å². The molecule has 0 bridgehead atoms. The Morgan fingerprint density at radius 1 is 0.556 bits per heavy atom. The van der Waals surface area contributed by atoms with Gasteiger partial charge >= 0.3 is 0 Å². The van der Waals surface area contributed by atoms with Gasteiger partial charge in [0.25, 0.3) is 0 Å². The van der Waals surface area contributed by atoms with Crippen molar-refractivity contribution >= 4 is 10.2 Å². The van der Waals surface area contributed by atoms with Gasteiger partial charge in [-0.1, -0.05) is 135 Å². The lowest BCUT2D eigenvalue weighted by Crippen LogP contribution is -1.97. The van der Waals surface area contributed by atoms with Crippen LogP contribution in [0, 0.1) is 5.92 Å². The Kier molecular flexibility index (Phi) is 24.0. The van der Waals surface area contributed by atoms with Gasteiger partial charge in [-0.3, -0.25) is 0 Å². The first-order valence-electron chi connectivity index (χ1n) is 12.7. The van der Waals surface area contributed by atoms with Crippen molar-refractivity contribution in [3.05, 3.63) is 12.2 Å². The molecule has 0 aliphatic heterocycles. The van der Waals surface area contributed by atoms with Crippen LogP contribution in [0.5, 0.6) is 0 Å². The van der Waals surface area contributed by atoms with Gasteiger partial charge < -0.3 is 0 Å². The molecule has 0 aromatic carbocycles. The fourth-order valence-corrected chi connectivity index (χ4v) is 4.17. The molecule has 3 radical (unpaired) electrons. The average Bonchev–Trinajstić information content (AvgIpc) is 2.68. The van der Waals surface area contributed by atoms with Crippen LogP contribution in [-0.2, 0) is 0 Å². The highest BCUT2D eigenvalue weighted by Crippen LogP contribution is 2.21. The zero-order chi connectivity index (χ0) is 19.8. The van der Waals surface area contributed by atoms with Crippen LogP contribution in [0.25, 0.3) is 0 Å². The second-order valence-corrected chi connectivity index (χ2v) is 9.11. The minimum Gasteiger partial charge on any atom is -0.0883 e. The summed E-state index contributed by atoms with van der Waals surface area (Å²) in [7, 11) is 3.60. The molecule has 0 aliphatic rings. The van der Waals surface area contributed by atoms with E-state index in [0.29, 0.717) is 0 Å². The summed E-state index contributed by atoms with van der Waals surface area (Å²) in [5.41, 5.74) is 0. The molecule has 0 N–H and O–H groups in total. The molecule has 1 unspecified atom stereocenters. The lowest BCUT2D eigenvalue weighted by Gasteiger charge is -2.13. The van der Waals surface area contributed by atoms with Crippen LogP contribution in [-0.4, -0.2) is 10.2 Å². The van der Waals surface area contributed by atoms with E-state index in [0.717, 1.165) is 5.92 Å². The number of rotatable bonds is 22. The summed E-state index contributed by atoms with van der Waals surface area (Å²) in [5, 5.41) is 0. The number of unbranched alkanes of at least 4 members (excludes halogenated alkanes) is 15. The molecule has 0 nitrogen and oxygen atoms in total. The number of allylic oxidation sites excluding steroid dienone is 2. The topological polar surface area (TPSA) is 0 Å². The minimum atomic E-state index is 0.851. The van der Waals surface area contributed by atoms with Gasteiger partial charge in [-0.25, -0.2) is 0 Å². The van der Waals surface area contributed by atoms with Crippen molar-refractivity contribution in [1.82, 2.24) is 0 Å². The van der Waals surface area contributed by atoms with Gasteiger partial charge in [-0.2, -0.15) is 0 Å². The van der Waals surface area contributed by atoms with Crippen LogP contribution in [0.3, 0.4) is 0 Å². The molecule has 0 aromatic rings. The predicted octanol–water partition coefficient (Wildman–Crippen LogP) is 9.59. The van der Waals surface area contributed by atoms with Crippen LogP contribution >= 0.6 is 0 Å². The average molecular weight is 392 g/mol. The largest absolute Gasteiger partial charge is 0.0883 e. The molecule has 0 heterocycles. The third kappa shape index (κ3) is 22.1. The Morgan fingerprint density at radius 3 is 1.52 bits per heavy atom. The molecule has 1 atom stereocenters. The van der Waals surface area contributed by atoms with E-state index in [1.54, 1.807) is 0 Å². The van der Waals surface area contributed by atoms with E-state index in [-0.39, 0.29) is 0 Å². The molecule has 27 heavy (non-hydrogen) atoms. The molecule has 0 saturated heterocycles. The second-order valence-electron chi connectivity index (χ2n) is 8.61. The molecule has 0 aliphatic carbocycles. The van der Waals surface area contributed by atoms with Gasteiger partial charge in [0, 0.05) is 10.2 Å². The molecular weight excluding hydrogens is 340 g/mol. The highest BCUT2D eigenvalue weighted by Gasteiger charge is 2.05. The SMILES string of the molecule is CCCCCCC=CC(CCCCCC[Si])CCCCCCCCCCC. The minimum absolute atomic E-state index is 0.851. The summed E-state index contributed by atoms with van der Waals surface area (Å²) in [4.78, 5) is 0. The molecule has 159 valence electrons. The fraction of sp³-hybridized carbons (Fsp3) is 0.923. The quantitative estimate of drug-likeness (QED) is 0.0978. The third-order valence-corrected chi connectivity index (χ3v) is 6.17. The van der Waals surface area contributed by atoms with E-state index in [4.69, 9.17) is 0 Å². The molecule has 0 aromatic heterocycles. The molecule has 0 amide bonds. The monoisotopic (exact) mass is 391 g/mol. The highest BCUT2D eigenvalue weighted by molar-refractivity contribution is 6.08. The molecule has 0 spiro atoms. The second kappa shape index (κ2) is 24.0. The molecule has 1 heteroatoms. The molecular formula is C26H51Si. The smallest absolute Gasteiger partial charge is 0.0222 e. The van der Waals surface area contributed by atoms with Gasteiger partial charge in [0.15, 0.2) is 0 Å². The summed E-state index contributed by atoms with van der Waals surface area (Å²) in [5.74, 6) is 0.851. The van der Waals surface area contributed by atoms with E-state index in [9.17, 15) is 0 Å². The first-order chi connectivity index (χ1) is 13.3. The van der Waals surface area contributed by atoms with Crippen molar-refractivity contribution in [2.75, 3.05) is 0 Å². The van der Waals surface area contributed by atoms with E-state index >= 15 is 0 Å². The first kappa shape index (κ1) is 27.0. The zero-order valence-corrected chi connectivity index (χ0v) is 20.1. The van der Waals surface area contributed by atoms with Gasteiger partial charge in [0.2, 0.25) is 0 Å². The normalized spacial score (nSPS) is 12.9. The Hall–Kier alpha value is -0.0431. The van der Waals surface area contributed by atoms with Gasteiger partial charge in [0.05, 0.1) is 0 Å². The number of hydrogen-bond donors (Lipinski definition) is 0. The first-order valence-corrected chi connectivity index (χ1v) is 13.4. The van der Waals surface area contributed by atoms with Gasteiger partial charge in [-0.05, 0) is 31.6 Å². The standard InChI is InChI=1S/C26H51Si/c1-3-5-7-9-11-12-13-15-19-23-26(24-20-16-17-21-25-27)22-18-14-10-8-6-4-2/h18,22,26H,3-17,19-21,23-25H2,1-2H3. The van der Waals surface area contributed by atoms with E-state index < -0.39 is 0 Å². The Labute approximate surface area is 176 Å². The lowest BCUT2D eigenvalue weighted by molar-refractivity contribution is 0.466. The van der Waals surface area contributed by atoms with E-state index in [1.165, 1.54) is 134 Å². The van der Waals surface area contributed by atoms with Crippen molar-refractivity contribution < 1.29 is 0 Å². The summed E-state index contributed by atoms with van der Waals surface area (Å²) >= 11 is 0. The summed E-state index contributed by atoms with van der Waals surface area (Å²) in [6.45, 7) is 4.60. The highest BCUT2D eigenvalue weighted by atomic mass is 28.1. The number of hydrogen-bond acceptors (Lipinski definition) is 0. The molecule has 0 saturated carbocycles. The molecule has 0 rings (SSSR count). The summed E-state index contributed by atoms with van der Waals surface area (Å²) in [6.07, 6.45) is 33.4. The Bertz CT molecular complexity index is 284. The van der Waals surface area contributed by atoms with Crippen LogP contribution < -0.4 is 0 Å². The zero-order valence-electron chi connectivity index (χ0n) is 19.1. The van der Waals surface area contributed by atoms with Crippen LogP contribution in [0.1, 0.15) is 142 Å². The van der Waals surface area contributed by atoms with Gasteiger partial charge in [-0.15, -0.1) is 0 Å². The maximum absolute atomic E-state index is 3.60. The summed E-state index contributed by atoms with van der Waals surface area (Å²) < 4.78 is 0.